The van der Waals surface area contributed by atoms with Gasteiger partial charge in [-0.2, -0.15) is 0 Å². The number of aromatic nitrogens is 2. The molecule has 2 aromatic rings. The second-order valence-electron chi connectivity index (χ2n) is 5.18. The van der Waals surface area contributed by atoms with Gasteiger partial charge in [-0.05, 0) is 24.1 Å². The highest BCUT2D eigenvalue weighted by atomic mass is 19.1. The zero-order valence-corrected chi connectivity index (χ0v) is 11.6. The molecule has 114 valence electrons. The van der Waals surface area contributed by atoms with Crippen molar-refractivity contribution in [2.75, 3.05) is 11.4 Å². The normalized spacial score (nSPS) is 21.1. The van der Waals surface area contributed by atoms with Crippen LogP contribution in [0.2, 0.25) is 0 Å². The van der Waals surface area contributed by atoms with Crippen LogP contribution in [0.3, 0.4) is 0 Å². The van der Waals surface area contributed by atoms with Crippen LogP contribution in [0.4, 0.5) is 10.2 Å². The largest absolute Gasteiger partial charge is 0.476 e. The van der Waals surface area contributed by atoms with E-state index in [0.29, 0.717) is 18.8 Å². The number of aromatic carboxylic acids is 1. The number of aliphatic hydroxyl groups is 1. The van der Waals surface area contributed by atoms with E-state index in [0.717, 1.165) is 5.56 Å². The fourth-order valence-electron chi connectivity index (χ4n) is 2.68. The van der Waals surface area contributed by atoms with Gasteiger partial charge in [0, 0.05) is 6.54 Å². The van der Waals surface area contributed by atoms with Gasteiger partial charge in [0.25, 0.3) is 0 Å². The predicted molar refractivity (Wildman–Crippen MR) is 76.1 cm³/mol. The molecule has 1 aliphatic heterocycles. The molecule has 0 radical (unpaired) electrons. The van der Waals surface area contributed by atoms with Gasteiger partial charge in [0.2, 0.25) is 0 Å². The molecule has 7 heteroatoms. The molecular weight excluding hydrogens is 289 g/mol. The molecule has 0 bridgehead atoms. The first-order chi connectivity index (χ1) is 10.5. The summed E-state index contributed by atoms with van der Waals surface area (Å²) >= 11 is 0. The maximum absolute atomic E-state index is 13.4. The van der Waals surface area contributed by atoms with Crippen LogP contribution in [0, 0.1) is 5.82 Å². The number of rotatable bonds is 3. The minimum Gasteiger partial charge on any atom is -0.476 e. The third-order valence-electron chi connectivity index (χ3n) is 3.66. The summed E-state index contributed by atoms with van der Waals surface area (Å²) in [4.78, 5) is 20.5. The highest BCUT2D eigenvalue weighted by molar-refractivity contribution is 5.84. The van der Waals surface area contributed by atoms with E-state index in [9.17, 15) is 14.3 Å². The number of hydrogen-bond acceptors (Lipinski definition) is 5. The van der Waals surface area contributed by atoms with Gasteiger partial charge in [0.15, 0.2) is 5.69 Å². The third-order valence-corrected chi connectivity index (χ3v) is 3.66. The first-order valence-electron chi connectivity index (χ1n) is 6.80. The summed E-state index contributed by atoms with van der Waals surface area (Å²) in [6.07, 6.45) is 2.42. The Balaban J connectivity index is 1.92. The number of benzene rings is 1. The van der Waals surface area contributed by atoms with Crippen molar-refractivity contribution in [3.05, 3.63) is 53.7 Å². The van der Waals surface area contributed by atoms with E-state index in [1.54, 1.807) is 17.0 Å². The number of nitrogens with zero attached hydrogens (tertiary/aromatic N) is 3. The van der Waals surface area contributed by atoms with Crippen LogP contribution in [-0.2, 0) is 0 Å². The van der Waals surface area contributed by atoms with Crippen LogP contribution in [0.5, 0.6) is 0 Å². The lowest BCUT2D eigenvalue weighted by Gasteiger charge is -2.25. The number of carbonyl (C=O) groups is 1. The van der Waals surface area contributed by atoms with Gasteiger partial charge in [0.05, 0.1) is 24.5 Å². The summed E-state index contributed by atoms with van der Waals surface area (Å²) < 4.78 is 13.4. The van der Waals surface area contributed by atoms with Gasteiger partial charge >= 0.3 is 5.97 Å². The molecule has 2 N–H and O–H groups in total. The van der Waals surface area contributed by atoms with Crippen LogP contribution >= 0.6 is 0 Å². The fraction of sp³-hybridized carbons (Fsp3) is 0.267. The van der Waals surface area contributed by atoms with Crippen molar-refractivity contribution in [3.8, 4) is 0 Å². The van der Waals surface area contributed by atoms with Gasteiger partial charge in [-0.1, -0.05) is 12.1 Å². The third kappa shape index (κ3) is 2.75. The Bertz CT molecular complexity index is 693. The number of anilines is 1. The second kappa shape index (κ2) is 5.69. The molecule has 1 aliphatic rings. The van der Waals surface area contributed by atoms with Crippen LogP contribution in [-0.4, -0.2) is 38.8 Å². The number of halogens is 1. The van der Waals surface area contributed by atoms with E-state index < -0.39 is 12.1 Å². The Morgan fingerprint density at radius 1 is 1.32 bits per heavy atom. The maximum atomic E-state index is 13.4. The van der Waals surface area contributed by atoms with E-state index in [4.69, 9.17) is 5.11 Å². The summed E-state index contributed by atoms with van der Waals surface area (Å²) in [7, 11) is 0. The number of carboxylic acids is 1. The molecule has 2 unspecified atom stereocenters. The average Bonchev–Trinajstić information content (AvgIpc) is 2.89. The quantitative estimate of drug-likeness (QED) is 0.896. The maximum Gasteiger partial charge on any atom is 0.356 e. The van der Waals surface area contributed by atoms with E-state index in [1.165, 1.54) is 24.5 Å². The van der Waals surface area contributed by atoms with Crippen LogP contribution in [0.15, 0.2) is 36.7 Å². The predicted octanol–water partition coefficient (Wildman–Crippen LogP) is 1.63. The monoisotopic (exact) mass is 303 g/mol. The molecule has 0 saturated carbocycles. The lowest BCUT2D eigenvalue weighted by atomic mass is 10.0. The van der Waals surface area contributed by atoms with Crippen molar-refractivity contribution in [2.45, 2.75) is 18.6 Å². The molecule has 2 atom stereocenters. The minimum atomic E-state index is -1.15. The van der Waals surface area contributed by atoms with Crippen molar-refractivity contribution < 1.29 is 19.4 Å². The van der Waals surface area contributed by atoms with Crippen molar-refractivity contribution in [1.29, 1.82) is 0 Å². The summed E-state index contributed by atoms with van der Waals surface area (Å²) in [6, 6.07) is 5.97. The van der Waals surface area contributed by atoms with Gasteiger partial charge in [-0.25, -0.2) is 19.2 Å². The van der Waals surface area contributed by atoms with E-state index in [2.05, 4.69) is 9.97 Å². The molecule has 22 heavy (non-hydrogen) atoms. The van der Waals surface area contributed by atoms with Gasteiger partial charge in [0.1, 0.15) is 11.6 Å². The van der Waals surface area contributed by atoms with Gasteiger partial charge in [-0.15, -0.1) is 0 Å². The lowest BCUT2D eigenvalue weighted by molar-refractivity contribution is 0.0690. The van der Waals surface area contributed by atoms with Crippen molar-refractivity contribution >= 4 is 11.8 Å². The molecule has 0 amide bonds. The topological polar surface area (TPSA) is 86.5 Å². The number of hydrogen-bond donors (Lipinski definition) is 2. The van der Waals surface area contributed by atoms with Crippen molar-refractivity contribution in [1.82, 2.24) is 9.97 Å². The Hall–Kier alpha value is -2.54. The smallest absolute Gasteiger partial charge is 0.356 e. The zero-order valence-electron chi connectivity index (χ0n) is 11.6. The Kier molecular flexibility index (Phi) is 3.72. The molecule has 6 nitrogen and oxygen atoms in total. The van der Waals surface area contributed by atoms with E-state index in [-0.39, 0.29) is 17.6 Å². The van der Waals surface area contributed by atoms with E-state index >= 15 is 0 Å². The molecule has 1 saturated heterocycles. The molecular formula is C15H14FN3O3. The van der Waals surface area contributed by atoms with E-state index in [1.807, 2.05) is 0 Å². The molecule has 1 aromatic heterocycles. The Labute approximate surface area is 125 Å². The molecule has 3 rings (SSSR count). The van der Waals surface area contributed by atoms with Crippen LogP contribution < -0.4 is 4.90 Å². The highest BCUT2D eigenvalue weighted by Crippen LogP contribution is 2.35. The molecule has 2 heterocycles. The molecule has 1 aromatic carbocycles. The summed E-state index contributed by atoms with van der Waals surface area (Å²) in [6.45, 7) is 0.336. The first-order valence-corrected chi connectivity index (χ1v) is 6.80. The van der Waals surface area contributed by atoms with Gasteiger partial charge in [-0.3, -0.25) is 0 Å². The minimum absolute atomic E-state index is 0.147. The number of aliphatic hydroxyl groups excluding tert-OH is 1. The summed E-state index contributed by atoms with van der Waals surface area (Å²) in [5.74, 6) is -1.04. The summed E-state index contributed by atoms with van der Waals surface area (Å²) in [5, 5.41) is 18.8. The Morgan fingerprint density at radius 3 is 2.77 bits per heavy atom. The Morgan fingerprint density at radius 2 is 2.14 bits per heavy atom. The number of carboxylic acid groups (broad SMARTS) is 1. The molecule has 0 aliphatic carbocycles. The lowest BCUT2D eigenvalue weighted by Crippen LogP contribution is -2.25. The highest BCUT2D eigenvalue weighted by Gasteiger charge is 2.33. The number of β-amino-alcohol motifs (C(OH)–C–C–N with tert-alkyl or cyclic N) is 1. The SMILES string of the molecule is O=C(O)c1cnc(N2CC(O)CC2c2cccc(F)c2)cn1. The van der Waals surface area contributed by atoms with Crippen molar-refractivity contribution in [2.24, 2.45) is 0 Å². The first kappa shape index (κ1) is 14.4. The second-order valence-corrected chi connectivity index (χ2v) is 5.18. The molecule has 1 fully saturated rings. The van der Waals surface area contributed by atoms with Crippen LogP contribution in [0.1, 0.15) is 28.5 Å². The van der Waals surface area contributed by atoms with Crippen LogP contribution in [0.25, 0.3) is 0 Å². The molecule has 0 spiro atoms. The fourth-order valence-corrected chi connectivity index (χ4v) is 2.68. The average molecular weight is 303 g/mol. The van der Waals surface area contributed by atoms with Crippen molar-refractivity contribution in [3.63, 3.8) is 0 Å². The zero-order chi connectivity index (χ0) is 15.7. The van der Waals surface area contributed by atoms with Gasteiger partial charge < -0.3 is 15.1 Å². The standard InChI is InChI=1S/C15H14FN3O3/c16-10-3-1-2-9(4-10)13-5-11(20)8-19(13)14-7-17-12(6-18-14)15(21)22/h1-4,6-7,11,13,20H,5,8H2,(H,21,22). The summed E-state index contributed by atoms with van der Waals surface area (Å²) in [5.41, 5.74) is 0.589.